The maximum Gasteiger partial charge on any atom is 0.339 e. The molecular formula is C12H18N2O4. The van der Waals surface area contributed by atoms with Crippen molar-refractivity contribution in [3.05, 3.63) is 17.5 Å². The Balaban J connectivity index is 2.59. The summed E-state index contributed by atoms with van der Waals surface area (Å²) in [7, 11) is 1.64. The van der Waals surface area contributed by atoms with Gasteiger partial charge in [-0.15, -0.1) is 0 Å². The number of rotatable bonds is 6. The second kappa shape index (κ2) is 5.77. The molecule has 1 aromatic rings. The minimum Gasteiger partial charge on any atom is -0.478 e. The van der Waals surface area contributed by atoms with Crippen molar-refractivity contribution in [3.8, 4) is 6.01 Å². The average molecular weight is 254 g/mol. The normalized spacial score (nSPS) is 11.3. The SMILES string of the molecule is COC(C)(C)CCOc1ncc(C(=O)O)c(C)n1. The van der Waals surface area contributed by atoms with E-state index in [1.165, 1.54) is 6.20 Å². The van der Waals surface area contributed by atoms with E-state index in [9.17, 15) is 4.79 Å². The Morgan fingerprint density at radius 2 is 2.17 bits per heavy atom. The molecule has 0 aliphatic rings. The van der Waals surface area contributed by atoms with Crippen molar-refractivity contribution < 1.29 is 19.4 Å². The molecule has 6 nitrogen and oxygen atoms in total. The minimum absolute atomic E-state index is 0.0829. The molecule has 0 radical (unpaired) electrons. The molecule has 1 heterocycles. The first-order valence-corrected chi connectivity index (χ1v) is 5.60. The lowest BCUT2D eigenvalue weighted by Gasteiger charge is -2.22. The Morgan fingerprint density at radius 1 is 1.50 bits per heavy atom. The first-order chi connectivity index (χ1) is 8.35. The molecule has 0 aliphatic carbocycles. The highest BCUT2D eigenvalue weighted by molar-refractivity contribution is 5.88. The second-order valence-electron chi connectivity index (χ2n) is 4.52. The molecule has 6 heteroatoms. The number of aromatic nitrogens is 2. The van der Waals surface area contributed by atoms with Crippen LogP contribution >= 0.6 is 0 Å². The molecule has 0 atom stereocenters. The monoisotopic (exact) mass is 254 g/mol. The van der Waals surface area contributed by atoms with Crippen LogP contribution in [-0.4, -0.2) is 40.4 Å². The van der Waals surface area contributed by atoms with Crippen LogP contribution in [0.2, 0.25) is 0 Å². The predicted molar refractivity (Wildman–Crippen MR) is 64.9 cm³/mol. The Kier molecular flexibility index (Phi) is 4.61. The standard InChI is InChI=1S/C12H18N2O4/c1-8-9(10(15)16)7-13-11(14-8)18-6-5-12(2,3)17-4/h7H,5-6H2,1-4H3,(H,15,16). The van der Waals surface area contributed by atoms with E-state index in [0.717, 1.165) is 0 Å². The molecule has 0 unspecified atom stereocenters. The highest BCUT2D eigenvalue weighted by atomic mass is 16.5. The number of methoxy groups -OCH3 is 1. The summed E-state index contributed by atoms with van der Waals surface area (Å²) in [6.07, 6.45) is 1.94. The maximum absolute atomic E-state index is 10.8. The van der Waals surface area contributed by atoms with Gasteiger partial charge in [0.15, 0.2) is 0 Å². The molecule has 1 N–H and O–H groups in total. The molecule has 0 aliphatic heterocycles. The molecule has 0 fully saturated rings. The molecule has 0 saturated heterocycles. The summed E-state index contributed by atoms with van der Waals surface area (Å²) >= 11 is 0. The van der Waals surface area contributed by atoms with Crippen molar-refractivity contribution in [3.63, 3.8) is 0 Å². The van der Waals surface area contributed by atoms with E-state index in [1.807, 2.05) is 13.8 Å². The largest absolute Gasteiger partial charge is 0.478 e. The number of carboxylic acid groups (broad SMARTS) is 1. The first-order valence-electron chi connectivity index (χ1n) is 5.60. The molecule has 18 heavy (non-hydrogen) atoms. The van der Waals surface area contributed by atoms with Gasteiger partial charge < -0.3 is 14.6 Å². The Hall–Kier alpha value is -1.69. The lowest BCUT2D eigenvalue weighted by Crippen LogP contribution is -2.25. The van der Waals surface area contributed by atoms with Gasteiger partial charge >= 0.3 is 12.0 Å². The topological polar surface area (TPSA) is 81.5 Å². The zero-order chi connectivity index (χ0) is 13.8. The molecule has 0 saturated carbocycles. The van der Waals surface area contributed by atoms with Crippen LogP contribution in [0.1, 0.15) is 36.3 Å². The number of hydrogen-bond donors (Lipinski definition) is 1. The number of hydrogen-bond acceptors (Lipinski definition) is 5. The molecule has 0 bridgehead atoms. The highest BCUT2D eigenvalue weighted by Gasteiger charge is 2.17. The molecule has 1 aromatic heterocycles. The third-order valence-electron chi connectivity index (χ3n) is 2.68. The van der Waals surface area contributed by atoms with E-state index in [0.29, 0.717) is 18.7 Å². The van der Waals surface area contributed by atoms with Crippen LogP contribution in [0, 0.1) is 6.92 Å². The summed E-state index contributed by atoms with van der Waals surface area (Å²) < 4.78 is 10.6. The number of carboxylic acids is 1. The van der Waals surface area contributed by atoms with Crippen molar-refractivity contribution in [2.75, 3.05) is 13.7 Å². The zero-order valence-electron chi connectivity index (χ0n) is 11.1. The highest BCUT2D eigenvalue weighted by Crippen LogP contribution is 2.14. The Morgan fingerprint density at radius 3 is 2.67 bits per heavy atom. The van der Waals surface area contributed by atoms with E-state index in [2.05, 4.69) is 9.97 Å². The molecule has 0 aromatic carbocycles. The van der Waals surface area contributed by atoms with Gasteiger partial charge in [0.2, 0.25) is 0 Å². The molecular weight excluding hydrogens is 236 g/mol. The van der Waals surface area contributed by atoms with Gasteiger partial charge in [-0.1, -0.05) is 0 Å². The molecule has 100 valence electrons. The van der Waals surface area contributed by atoms with Crippen LogP contribution in [-0.2, 0) is 4.74 Å². The van der Waals surface area contributed by atoms with E-state index in [4.69, 9.17) is 14.6 Å². The van der Waals surface area contributed by atoms with Gasteiger partial charge in [0, 0.05) is 19.7 Å². The van der Waals surface area contributed by atoms with Crippen LogP contribution in [0.15, 0.2) is 6.20 Å². The van der Waals surface area contributed by atoms with Gasteiger partial charge in [-0.25, -0.2) is 9.78 Å². The summed E-state index contributed by atoms with van der Waals surface area (Å²) in [5, 5.41) is 8.83. The molecule has 0 spiro atoms. The van der Waals surface area contributed by atoms with Crippen LogP contribution in [0.5, 0.6) is 6.01 Å². The van der Waals surface area contributed by atoms with E-state index < -0.39 is 5.97 Å². The van der Waals surface area contributed by atoms with Gasteiger partial charge in [0.25, 0.3) is 0 Å². The van der Waals surface area contributed by atoms with Crippen molar-refractivity contribution >= 4 is 5.97 Å². The van der Waals surface area contributed by atoms with E-state index >= 15 is 0 Å². The van der Waals surface area contributed by atoms with E-state index in [1.54, 1.807) is 14.0 Å². The summed E-state index contributed by atoms with van der Waals surface area (Å²) in [6, 6.07) is 0.185. The number of nitrogens with zero attached hydrogens (tertiary/aromatic N) is 2. The van der Waals surface area contributed by atoms with Crippen LogP contribution in [0.3, 0.4) is 0 Å². The predicted octanol–water partition coefficient (Wildman–Crippen LogP) is 1.68. The summed E-state index contributed by atoms with van der Waals surface area (Å²) in [5.74, 6) is -1.04. The quantitative estimate of drug-likeness (QED) is 0.831. The van der Waals surface area contributed by atoms with Crippen molar-refractivity contribution in [1.29, 1.82) is 0 Å². The van der Waals surface area contributed by atoms with Crippen molar-refractivity contribution in [2.24, 2.45) is 0 Å². The molecule has 1 rings (SSSR count). The van der Waals surface area contributed by atoms with Crippen molar-refractivity contribution in [1.82, 2.24) is 9.97 Å². The Bertz CT molecular complexity index is 432. The Labute approximate surface area is 106 Å². The second-order valence-corrected chi connectivity index (χ2v) is 4.52. The third-order valence-corrected chi connectivity index (χ3v) is 2.68. The van der Waals surface area contributed by atoms with E-state index in [-0.39, 0.29) is 17.2 Å². The maximum atomic E-state index is 10.8. The van der Waals surface area contributed by atoms with Gasteiger partial charge in [0.05, 0.1) is 23.5 Å². The lowest BCUT2D eigenvalue weighted by molar-refractivity contribution is 0.00466. The fraction of sp³-hybridized carbons (Fsp3) is 0.583. The molecule has 0 amide bonds. The fourth-order valence-corrected chi connectivity index (χ4v) is 1.22. The summed E-state index contributed by atoms with van der Waals surface area (Å²) in [4.78, 5) is 18.6. The van der Waals surface area contributed by atoms with Crippen molar-refractivity contribution in [2.45, 2.75) is 32.8 Å². The average Bonchev–Trinajstić information content (AvgIpc) is 2.28. The summed E-state index contributed by atoms with van der Waals surface area (Å²) in [6.45, 7) is 5.93. The van der Waals surface area contributed by atoms with Gasteiger partial charge in [-0.05, 0) is 20.8 Å². The number of ether oxygens (including phenoxy) is 2. The first kappa shape index (κ1) is 14.4. The smallest absolute Gasteiger partial charge is 0.339 e. The number of aromatic carboxylic acids is 1. The third kappa shape index (κ3) is 3.96. The van der Waals surface area contributed by atoms with Crippen LogP contribution in [0.25, 0.3) is 0 Å². The van der Waals surface area contributed by atoms with Gasteiger partial charge in [-0.2, -0.15) is 4.98 Å². The van der Waals surface area contributed by atoms with Crippen LogP contribution in [0.4, 0.5) is 0 Å². The zero-order valence-corrected chi connectivity index (χ0v) is 11.1. The number of carbonyl (C=O) groups is 1. The fourth-order valence-electron chi connectivity index (χ4n) is 1.22. The number of aryl methyl sites for hydroxylation is 1. The van der Waals surface area contributed by atoms with Gasteiger partial charge in [0.1, 0.15) is 0 Å². The lowest BCUT2D eigenvalue weighted by atomic mass is 10.1. The van der Waals surface area contributed by atoms with Crippen LogP contribution < -0.4 is 4.74 Å². The summed E-state index contributed by atoms with van der Waals surface area (Å²) in [5.41, 5.74) is 0.203. The van der Waals surface area contributed by atoms with Gasteiger partial charge in [-0.3, -0.25) is 0 Å². The minimum atomic E-state index is -1.04.